The van der Waals surface area contributed by atoms with Gasteiger partial charge >= 0.3 is 0 Å². The first-order chi connectivity index (χ1) is 12.0. The van der Waals surface area contributed by atoms with E-state index < -0.39 is 0 Å². The van der Waals surface area contributed by atoms with Crippen LogP contribution in [-0.4, -0.2) is 60.4 Å². The van der Waals surface area contributed by atoms with Crippen LogP contribution in [0.25, 0.3) is 0 Å². The number of nitrogens with two attached hydrogens (primary N) is 1. The smallest absolute Gasteiger partial charge is 0.231 e. The van der Waals surface area contributed by atoms with Crippen LogP contribution in [0.5, 0.6) is 0 Å². The molecule has 1 aromatic carbocycles. The highest BCUT2D eigenvalue weighted by atomic mass is 19.1. The van der Waals surface area contributed by atoms with Gasteiger partial charge in [0.2, 0.25) is 11.8 Å². The summed E-state index contributed by atoms with van der Waals surface area (Å²) >= 11 is 0. The molecule has 2 fully saturated rings. The highest BCUT2D eigenvalue weighted by Gasteiger charge is 2.36. The van der Waals surface area contributed by atoms with Crippen molar-refractivity contribution >= 4 is 11.8 Å². The zero-order valence-electron chi connectivity index (χ0n) is 14.2. The minimum Gasteiger partial charge on any atom is -0.370 e. The van der Waals surface area contributed by atoms with Gasteiger partial charge in [-0.05, 0) is 25.5 Å². The zero-order valence-corrected chi connectivity index (χ0v) is 14.2. The van der Waals surface area contributed by atoms with E-state index in [0.717, 1.165) is 19.4 Å². The van der Waals surface area contributed by atoms with E-state index in [9.17, 15) is 14.0 Å². The summed E-state index contributed by atoms with van der Waals surface area (Å²) in [5.74, 6) is -0.606. The highest BCUT2D eigenvalue weighted by Crippen LogP contribution is 2.23. The average molecular weight is 349 g/mol. The molecule has 0 bridgehead atoms. The van der Waals surface area contributed by atoms with E-state index in [-0.39, 0.29) is 42.8 Å². The molecule has 0 unspecified atom stereocenters. The molecular formula is C18H24FN3O3. The standard InChI is InChI=1S/C18H24FN3O3/c19-16-6-2-1-4-14(16)12-25-15-9-22(10-15)18(24)13-5-3-7-21(8-13)11-17(20)23/h1-2,4,6,13,15H,3,5,7-12H2,(H2,20,23)/t13-/m0/s1. The fourth-order valence-corrected chi connectivity index (χ4v) is 3.43. The lowest BCUT2D eigenvalue weighted by Gasteiger charge is -2.42. The van der Waals surface area contributed by atoms with Crippen molar-refractivity contribution in [2.45, 2.75) is 25.6 Å². The predicted octanol–water partition coefficient (Wildman–Crippen LogP) is 0.750. The Balaban J connectivity index is 1.42. The van der Waals surface area contributed by atoms with Gasteiger partial charge in [-0.15, -0.1) is 0 Å². The molecule has 1 atom stereocenters. The Morgan fingerprint density at radius 3 is 2.72 bits per heavy atom. The number of likely N-dealkylation sites (tertiary alicyclic amines) is 2. The van der Waals surface area contributed by atoms with Crippen LogP contribution in [0.1, 0.15) is 18.4 Å². The van der Waals surface area contributed by atoms with Crippen molar-refractivity contribution in [1.82, 2.24) is 9.80 Å². The van der Waals surface area contributed by atoms with Gasteiger partial charge in [0.1, 0.15) is 5.82 Å². The van der Waals surface area contributed by atoms with E-state index in [4.69, 9.17) is 10.5 Å². The van der Waals surface area contributed by atoms with Crippen LogP contribution in [0.15, 0.2) is 24.3 Å². The molecule has 2 saturated heterocycles. The fourth-order valence-electron chi connectivity index (χ4n) is 3.43. The third-order valence-electron chi connectivity index (χ3n) is 4.83. The molecule has 2 aliphatic rings. The third kappa shape index (κ3) is 4.55. The van der Waals surface area contributed by atoms with Crippen LogP contribution >= 0.6 is 0 Å². The van der Waals surface area contributed by atoms with Gasteiger partial charge in [-0.2, -0.15) is 0 Å². The maximum Gasteiger partial charge on any atom is 0.231 e. The van der Waals surface area contributed by atoms with E-state index in [1.165, 1.54) is 6.07 Å². The first-order valence-electron chi connectivity index (χ1n) is 8.67. The first-order valence-corrected chi connectivity index (χ1v) is 8.67. The number of hydrogen-bond acceptors (Lipinski definition) is 4. The van der Waals surface area contributed by atoms with Crippen molar-refractivity contribution in [3.8, 4) is 0 Å². The Hall–Kier alpha value is -1.99. The van der Waals surface area contributed by atoms with Gasteiger partial charge in [0.15, 0.2) is 0 Å². The van der Waals surface area contributed by atoms with Crippen LogP contribution in [0, 0.1) is 11.7 Å². The van der Waals surface area contributed by atoms with Gasteiger partial charge in [-0.1, -0.05) is 18.2 Å². The molecule has 0 aliphatic carbocycles. The summed E-state index contributed by atoms with van der Waals surface area (Å²) < 4.78 is 19.2. The maximum atomic E-state index is 13.6. The quantitative estimate of drug-likeness (QED) is 0.822. The number of primary amides is 1. The molecule has 3 rings (SSSR count). The van der Waals surface area contributed by atoms with Gasteiger partial charge < -0.3 is 15.4 Å². The molecule has 7 heteroatoms. The lowest BCUT2D eigenvalue weighted by molar-refractivity contribution is -0.152. The monoisotopic (exact) mass is 349 g/mol. The number of rotatable bonds is 6. The molecule has 136 valence electrons. The van der Waals surface area contributed by atoms with E-state index in [1.54, 1.807) is 23.1 Å². The molecule has 0 aromatic heterocycles. The molecule has 6 nitrogen and oxygen atoms in total. The first kappa shape index (κ1) is 17.8. The van der Waals surface area contributed by atoms with Crippen LogP contribution in [0.4, 0.5) is 4.39 Å². The maximum absolute atomic E-state index is 13.6. The molecule has 2 N–H and O–H groups in total. The van der Waals surface area contributed by atoms with Crippen LogP contribution in [0.2, 0.25) is 0 Å². The summed E-state index contributed by atoms with van der Waals surface area (Å²) in [4.78, 5) is 27.3. The number of hydrogen-bond donors (Lipinski definition) is 1. The van der Waals surface area contributed by atoms with Crippen molar-refractivity contribution in [1.29, 1.82) is 0 Å². The summed E-state index contributed by atoms with van der Waals surface area (Å²) in [6.45, 7) is 2.90. The SMILES string of the molecule is NC(=O)CN1CCC[C@H](C(=O)N2CC(OCc3ccccc3F)C2)C1. The fraction of sp³-hybridized carbons (Fsp3) is 0.556. The van der Waals surface area contributed by atoms with Crippen molar-refractivity contribution in [2.24, 2.45) is 11.7 Å². The lowest BCUT2D eigenvalue weighted by Crippen LogP contribution is -2.58. The Kier molecular flexibility index (Phi) is 5.65. The van der Waals surface area contributed by atoms with Gasteiger partial charge in [0.25, 0.3) is 0 Å². The molecule has 2 heterocycles. The van der Waals surface area contributed by atoms with Gasteiger partial charge in [0, 0.05) is 25.2 Å². The number of benzene rings is 1. The Morgan fingerprint density at radius 2 is 2.00 bits per heavy atom. The predicted molar refractivity (Wildman–Crippen MR) is 89.9 cm³/mol. The van der Waals surface area contributed by atoms with E-state index >= 15 is 0 Å². The van der Waals surface area contributed by atoms with Gasteiger partial charge in [-0.3, -0.25) is 14.5 Å². The molecule has 2 aliphatic heterocycles. The Labute approximate surface area is 146 Å². The number of piperidine rings is 1. The second-order valence-corrected chi connectivity index (χ2v) is 6.81. The molecule has 0 spiro atoms. The lowest BCUT2D eigenvalue weighted by atomic mass is 9.95. The number of ether oxygens (including phenoxy) is 1. The highest BCUT2D eigenvalue weighted by molar-refractivity contribution is 5.80. The van der Waals surface area contributed by atoms with Crippen molar-refractivity contribution in [3.05, 3.63) is 35.6 Å². The van der Waals surface area contributed by atoms with Gasteiger partial charge in [0.05, 0.1) is 25.2 Å². The summed E-state index contributed by atoms with van der Waals surface area (Å²) in [6.07, 6.45) is 1.68. The van der Waals surface area contributed by atoms with Crippen LogP contribution in [0.3, 0.4) is 0 Å². The van der Waals surface area contributed by atoms with Crippen LogP contribution < -0.4 is 5.73 Å². The number of amides is 2. The number of halogens is 1. The summed E-state index contributed by atoms with van der Waals surface area (Å²) in [5, 5.41) is 0. The molecule has 0 saturated carbocycles. The number of carbonyl (C=O) groups excluding carboxylic acids is 2. The van der Waals surface area contributed by atoms with Crippen molar-refractivity contribution < 1.29 is 18.7 Å². The van der Waals surface area contributed by atoms with Crippen molar-refractivity contribution in [3.63, 3.8) is 0 Å². The van der Waals surface area contributed by atoms with Gasteiger partial charge in [-0.25, -0.2) is 4.39 Å². The second kappa shape index (κ2) is 7.93. The van der Waals surface area contributed by atoms with E-state index in [0.29, 0.717) is 25.2 Å². The summed E-state index contributed by atoms with van der Waals surface area (Å²) in [5.41, 5.74) is 5.76. The Bertz CT molecular complexity index is 634. The third-order valence-corrected chi connectivity index (χ3v) is 4.83. The summed E-state index contributed by atoms with van der Waals surface area (Å²) in [7, 11) is 0. The van der Waals surface area contributed by atoms with E-state index in [1.807, 2.05) is 4.90 Å². The number of nitrogens with zero attached hydrogens (tertiary/aromatic N) is 2. The minimum atomic E-state index is -0.362. The number of carbonyl (C=O) groups is 2. The molecule has 2 amide bonds. The van der Waals surface area contributed by atoms with E-state index in [2.05, 4.69) is 0 Å². The molecule has 0 radical (unpaired) electrons. The molecule has 25 heavy (non-hydrogen) atoms. The Morgan fingerprint density at radius 1 is 1.24 bits per heavy atom. The van der Waals surface area contributed by atoms with Crippen LogP contribution in [-0.2, 0) is 20.9 Å². The summed E-state index contributed by atoms with van der Waals surface area (Å²) in [6, 6.07) is 6.54. The average Bonchev–Trinajstić information content (AvgIpc) is 2.54. The molecular weight excluding hydrogens is 325 g/mol. The molecule has 1 aromatic rings. The minimum absolute atomic E-state index is 0.0473. The van der Waals surface area contributed by atoms with Crippen molar-refractivity contribution in [2.75, 3.05) is 32.7 Å². The second-order valence-electron chi connectivity index (χ2n) is 6.81. The topological polar surface area (TPSA) is 75.9 Å². The normalized spacial score (nSPS) is 21.8. The zero-order chi connectivity index (χ0) is 17.8. The largest absolute Gasteiger partial charge is 0.370 e.